The van der Waals surface area contributed by atoms with Crippen molar-refractivity contribution >= 4 is 35.7 Å². The van der Waals surface area contributed by atoms with Crippen LogP contribution in [0.5, 0.6) is 0 Å². The highest BCUT2D eigenvalue weighted by Gasteiger charge is 2.25. The molecule has 0 aromatic rings. The van der Waals surface area contributed by atoms with Crippen molar-refractivity contribution in [3.8, 4) is 0 Å². The highest BCUT2D eigenvalue weighted by Crippen LogP contribution is 2.18. The number of allylic oxidation sites excluding steroid dienone is 2. The summed E-state index contributed by atoms with van der Waals surface area (Å²) in [6.45, 7) is 4.96. The van der Waals surface area contributed by atoms with E-state index in [1.807, 2.05) is 24.3 Å². The van der Waals surface area contributed by atoms with Gasteiger partial charge >= 0.3 is 23.9 Å². The van der Waals surface area contributed by atoms with Gasteiger partial charge in [-0.3, -0.25) is 28.8 Å². The van der Waals surface area contributed by atoms with E-state index in [0.717, 1.165) is 116 Å². The van der Waals surface area contributed by atoms with Crippen LogP contribution in [0, 0.1) is 0 Å². The third-order valence-electron chi connectivity index (χ3n) is 11.6. The molecule has 0 aliphatic heterocycles. The Morgan fingerprint density at radius 1 is 0.470 bits per heavy atom. The Balaban J connectivity index is 4.04. The zero-order chi connectivity index (χ0) is 49.2. The average Bonchev–Trinajstić information content (AvgIpc) is 3.28. The van der Waals surface area contributed by atoms with Crippen molar-refractivity contribution in [2.75, 3.05) is 27.2 Å². The number of aliphatic carboxylic acids is 2. The molecule has 16 heteroatoms. The van der Waals surface area contributed by atoms with Crippen molar-refractivity contribution in [2.24, 2.45) is 0 Å². The van der Waals surface area contributed by atoms with Crippen LogP contribution in [-0.4, -0.2) is 120 Å². The highest BCUT2D eigenvalue weighted by molar-refractivity contribution is 5.77. The van der Waals surface area contributed by atoms with E-state index >= 15 is 0 Å². The first-order chi connectivity index (χ1) is 31.8. The molecule has 0 saturated carbocycles. The van der Waals surface area contributed by atoms with E-state index in [2.05, 4.69) is 35.1 Å². The molecule has 0 aliphatic rings. The molecule has 0 rings (SSSR count). The fourth-order valence-corrected chi connectivity index (χ4v) is 7.36. The number of aliphatic hydroxyl groups excluding tert-OH is 2. The molecule has 6 unspecified atom stereocenters. The fourth-order valence-electron chi connectivity index (χ4n) is 7.36. The number of carbonyl (C=O) groups is 6. The summed E-state index contributed by atoms with van der Waals surface area (Å²) in [6, 6.07) is -1.65. The average molecular weight is 939 g/mol. The molecule has 0 bridgehead atoms. The van der Waals surface area contributed by atoms with Gasteiger partial charge in [0.05, 0.1) is 12.2 Å². The molecule has 0 aromatic heterocycles. The first kappa shape index (κ1) is 62.1. The summed E-state index contributed by atoms with van der Waals surface area (Å²) in [7, 11) is 3.07. The van der Waals surface area contributed by atoms with Crippen molar-refractivity contribution in [1.29, 1.82) is 0 Å². The summed E-state index contributed by atoms with van der Waals surface area (Å²) >= 11 is 0. The van der Waals surface area contributed by atoms with Gasteiger partial charge in [0, 0.05) is 38.8 Å². The third-order valence-corrected chi connectivity index (χ3v) is 11.6. The number of hydrogen-bond acceptors (Lipinski definition) is 12. The monoisotopic (exact) mass is 939 g/mol. The lowest BCUT2D eigenvalue weighted by atomic mass is 10.0. The van der Waals surface area contributed by atoms with Crippen LogP contribution in [0.2, 0.25) is 0 Å². The molecule has 0 spiro atoms. The van der Waals surface area contributed by atoms with Crippen molar-refractivity contribution < 1.29 is 58.7 Å². The quantitative estimate of drug-likeness (QED) is 0.0171. The van der Waals surface area contributed by atoms with Gasteiger partial charge in [-0.1, -0.05) is 102 Å². The molecule has 6 atom stereocenters. The molecular weight excluding hydrogens is 849 g/mol. The maximum Gasteiger partial charge on any atom is 0.320 e. The molecule has 0 saturated heterocycles. The Bertz CT molecular complexity index is 1260. The molecule has 0 aromatic carbocycles. The fraction of sp³-hybridized carbons (Fsp3) is 0.800. The van der Waals surface area contributed by atoms with Crippen LogP contribution in [0.15, 0.2) is 24.3 Å². The molecule has 16 nitrogen and oxygen atoms in total. The number of rotatable bonds is 45. The van der Waals surface area contributed by atoms with Gasteiger partial charge in [-0.2, -0.15) is 0 Å². The van der Waals surface area contributed by atoms with E-state index in [9.17, 15) is 49.2 Å². The van der Waals surface area contributed by atoms with E-state index < -0.39 is 60.4 Å². The van der Waals surface area contributed by atoms with Gasteiger partial charge in [-0.05, 0) is 104 Å². The molecule has 0 heterocycles. The van der Waals surface area contributed by atoms with E-state index in [0.29, 0.717) is 51.6 Å². The predicted molar refractivity (Wildman–Crippen MR) is 258 cm³/mol. The number of carbonyl (C=O) groups excluding carboxylic acids is 4. The second kappa shape index (κ2) is 42.5. The van der Waals surface area contributed by atoms with E-state index in [1.54, 1.807) is 0 Å². The van der Waals surface area contributed by atoms with E-state index in [1.165, 1.54) is 14.1 Å². The second-order valence-corrected chi connectivity index (χ2v) is 17.3. The van der Waals surface area contributed by atoms with Crippen molar-refractivity contribution in [2.45, 2.75) is 230 Å². The smallest absolute Gasteiger partial charge is 0.320 e. The zero-order valence-electron chi connectivity index (χ0n) is 41.0. The minimum atomic E-state index is -1.02. The van der Waals surface area contributed by atoms with Gasteiger partial charge in [-0.25, -0.2) is 0 Å². The maximum atomic E-state index is 12.4. The molecular formula is C50H90N4O12. The molecule has 0 fully saturated rings. The largest absolute Gasteiger partial charge is 0.480 e. The third kappa shape index (κ3) is 35.3. The van der Waals surface area contributed by atoms with Crippen molar-refractivity contribution in [3.05, 3.63) is 24.3 Å². The number of esters is 2. The van der Waals surface area contributed by atoms with Gasteiger partial charge in [0.2, 0.25) is 11.8 Å². The van der Waals surface area contributed by atoms with Crippen LogP contribution in [0.4, 0.5) is 0 Å². The summed E-state index contributed by atoms with van der Waals surface area (Å²) in [5, 5.41) is 50.9. The van der Waals surface area contributed by atoms with Crippen LogP contribution < -0.4 is 21.3 Å². The first-order valence-electron chi connectivity index (χ1n) is 25.2. The molecule has 2 amide bonds. The number of carboxylic acid groups (broad SMARTS) is 2. The van der Waals surface area contributed by atoms with Gasteiger partial charge in [0.25, 0.3) is 0 Å². The number of carboxylic acids is 2. The Morgan fingerprint density at radius 3 is 1.18 bits per heavy atom. The predicted octanol–water partition coefficient (Wildman–Crippen LogP) is 7.18. The number of nitrogens with one attached hydrogen (secondary N) is 4. The van der Waals surface area contributed by atoms with Gasteiger partial charge in [-0.15, -0.1) is 0 Å². The second-order valence-electron chi connectivity index (χ2n) is 17.3. The lowest BCUT2D eigenvalue weighted by molar-refractivity contribution is -0.157. The topological polar surface area (TPSA) is 250 Å². The molecule has 66 heavy (non-hydrogen) atoms. The highest BCUT2D eigenvalue weighted by atomic mass is 16.6. The lowest BCUT2D eigenvalue weighted by Crippen LogP contribution is -2.35. The summed E-state index contributed by atoms with van der Waals surface area (Å²) in [5.74, 6) is -3.07. The number of hydrogen-bond donors (Lipinski definition) is 8. The number of aliphatic hydroxyl groups is 2. The molecule has 0 radical (unpaired) electrons. The first-order valence-corrected chi connectivity index (χ1v) is 25.2. The minimum Gasteiger partial charge on any atom is -0.480 e. The van der Waals surface area contributed by atoms with Crippen LogP contribution in [0.1, 0.15) is 194 Å². The van der Waals surface area contributed by atoms with E-state index in [-0.39, 0.29) is 37.5 Å². The van der Waals surface area contributed by atoms with E-state index in [4.69, 9.17) is 9.47 Å². The molecule has 382 valence electrons. The normalized spacial score (nSPS) is 14.3. The number of ether oxygens (including phenoxy) is 2. The summed E-state index contributed by atoms with van der Waals surface area (Å²) in [4.78, 5) is 71.7. The van der Waals surface area contributed by atoms with Crippen LogP contribution in [-0.2, 0) is 38.2 Å². The number of unbranched alkanes of at least 4 members (excludes halogenated alkanes) is 14. The Morgan fingerprint density at radius 2 is 0.833 bits per heavy atom. The maximum absolute atomic E-state index is 12.4. The van der Waals surface area contributed by atoms with Crippen LogP contribution in [0.25, 0.3) is 0 Å². The van der Waals surface area contributed by atoms with Crippen molar-refractivity contribution in [3.63, 3.8) is 0 Å². The van der Waals surface area contributed by atoms with Crippen LogP contribution >= 0.6 is 0 Å². The molecule has 0 aliphatic carbocycles. The zero-order valence-corrected chi connectivity index (χ0v) is 41.0. The standard InChI is InChI=1S/C50H90N4O12/c1-5-7-21-29-43(65-47(59)35-33-39(51-3)49(61)62)41(55)27-23-17-13-9-11-15-19-25-31-45(57)53-37-38-54-46(58)32-26-20-16-12-10-14-18-24-28-42(56)44(30-22-8-6-2)66-48(60)36-34-40(52-4)50(63)64/h17-18,23-24,39-44,51-52,55-56H,5-16,19-22,25-38H2,1-4H3,(H,53,57)(H,54,58)(H,61,62)(H,63,64). The Labute approximate surface area is 396 Å². The Kier molecular flexibility index (Phi) is 40.0. The van der Waals surface area contributed by atoms with Crippen LogP contribution in [0.3, 0.4) is 0 Å². The summed E-state index contributed by atoms with van der Waals surface area (Å²) < 4.78 is 11.1. The van der Waals surface area contributed by atoms with Crippen molar-refractivity contribution in [1.82, 2.24) is 21.3 Å². The summed E-state index contributed by atoms with van der Waals surface area (Å²) in [5.41, 5.74) is 0. The lowest BCUT2D eigenvalue weighted by Gasteiger charge is -2.23. The number of likely N-dealkylation sites (N-methyl/N-ethyl adjacent to an activating group) is 2. The molecule has 8 N–H and O–H groups in total. The minimum absolute atomic E-state index is 0.0140. The Hall–Kier alpha value is -3.86. The SMILES string of the molecule is CCCCCC(OC(=O)CCC(NC)C(=O)O)C(O)CC=CCCCCCCCC(=O)NCCNC(=O)CCCCCCCC=CCC(O)C(CCCCC)OC(=O)CCC(NC)C(=O)O. The van der Waals surface area contributed by atoms with Gasteiger partial charge < -0.3 is 51.2 Å². The summed E-state index contributed by atoms with van der Waals surface area (Å²) in [6.07, 6.45) is 25.0. The van der Waals surface area contributed by atoms with Gasteiger partial charge in [0.1, 0.15) is 24.3 Å². The van der Waals surface area contributed by atoms with Gasteiger partial charge in [0.15, 0.2) is 0 Å². The number of amides is 2.